The van der Waals surface area contributed by atoms with Crippen molar-refractivity contribution in [1.29, 1.82) is 0 Å². The minimum absolute atomic E-state index is 0.0946. The van der Waals surface area contributed by atoms with E-state index in [9.17, 15) is 8.78 Å². The lowest BCUT2D eigenvalue weighted by Crippen LogP contribution is -2.00. The van der Waals surface area contributed by atoms with Gasteiger partial charge in [-0.25, -0.2) is 13.8 Å². The third-order valence-electron chi connectivity index (χ3n) is 2.31. The van der Waals surface area contributed by atoms with Crippen LogP contribution in [0.15, 0.2) is 28.9 Å². The highest BCUT2D eigenvalue weighted by Gasteiger charge is 2.11. The minimum Gasteiger partial charge on any atom is -0.436 e. The van der Waals surface area contributed by atoms with Crippen molar-refractivity contribution in [2.75, 3.05) is 0 Å². The molecule has 0 spiro atoms. The second-order valence-corrected chi connectivity index (χ2v) is 5.03. The van der Waals surface area contributed by atoms with Crippen LogP contribution >= 0.6 is 15.9 Å². The van der Waals surface area contributed by atoms with E-state index in [1.165, 1.54) is 6.07 Å². The Labute approximate surface area is 117 Å². The Morgan fingerprint density at radius 3 is 2.58 bits per heavy atom. The number of ether oxygens (including phenoxy) is 1. The zero-order chi connectivity index (χ0) is 14.0. The van der Waals surface area contributed by atoms with E-state index in [1.807, 2.05) is 13.8 Å². The first-order chi connectivity index (χ1) is 8.95. The second-order valence-electron chi connectivity index (χ2n) is 4.22. The first-order valence-corrected chi connectivity index (χ1v) is 6.42. The van der Waals surface area contributed by atoms with Crippen LogP contribution in [0.1, 0.15) is 25.6 Å². The molecule has 2 aromatic rings. The first-order valence-electron chi connectivity index (χ1n) is 5.63. The second kappa shape index (κ2) is 5.61. The van der Waals surface area contributed by atoms with Gasteiger partial charge in [-0.3, -0.25) is 0 Å². The molecule has 2 rings (SSSR count). The van der Waals surface area contributed by atoms with Crippen LogP contribution in [0.4, 0.5) is 8.78 Å². The fourth-order valence-corrected chi connectivity index (χ4v) is 1.77. The number of hydrogen-bond acceptors (Lipinski definition) is 3. The predicted molar refractivity (Wildman–Crippen MR) is 70.3 cm³/mol. The molecule has 0 unspecified atom stereocenters. The van der Waals surface area contributed by atoms with Crippen LogP contribution in [0, 0.1) is 11.6 Å². The van der Waals surface area contributed by atoms with Crippen molar-refractivity contribution in [2.45, 2.75) is 19.8 Å². The van der Waals surface area contributed by atoms with E-state index in [2.05, 4.69) is 25.9 Å². The Morgan fingerprint density at radius 2 is 1.89 bits per heavy atom. The normalized spacial score (nSPS) is 10.8. The molecule has 100 valence electrons. The molecular formula is C13H11BrF2N2O. The smallest absolute Gasteiger partial charge is 0.223 e. The molecule has 0 aliphatic heterocycles. The van der Waals surface area contributed by atoms with Gasteiger partial charge in [0, 0.05) is 18.1 Å². The molecule has 1 heterocycles. The van der Waals surface area contributed by atoms with Gasteiger partial charge in [-0.05, 0) is 28.1 Å². The van der Waals surface area contributed by atoms with Gasteiger partial charge in [0.05, 0.1) is 0 Å². The van der Waals surface area contributed by atoms with Crippen molar-refractivity contribution in [1.82, 2.24) is 9.97 Å². The van der Waals surface area contributed by atoms with Crippen molar-refractivity contribution in [3.63, 3.8) is 0 Å². The molecule has 0 atom stereocenters. The fourth-order valence-electron chi connectivity index (χ4n) is 1.39. The Morgan fingerprint density at radius 1 is 1.16 bits per heavy atom. The number of rotatable bonds is 3. The van der Waals surface area contributed by atoms with E-state index >= 15 is 0 Å². The van der Waals surface area contributed by atoms with E-state index in [4.69, 9.17) is 4.74 Å². The fraction of sp³-hybridized carbons (Fsp3) is 0.231. The molecule has 0 aliphatic carbocycles. The lowest BCUT2D eigenvalue weighted by Gasteiger charge is -2.09. The van der Waals surface area contributed by atoms with Gasteiger partial charge in [-0.2, -0.15) is 4.98 Å². The molecule has 3 nitrogen and oxygen atoms in total. The molecule has 0 saturated heterocycles. The van der Waals surface area contributed by atoms with Gasteiger partial charge in [-0.15, -0.1) is 0 Å². The van der Waals surface area contributed by atoms with Gasteiger partial charge in [0.25, 0.3) is 0 Å². The van der Waals surface area contributed by atoms with Crippen molar-refractivity contribution in [3.05, 3.63) is 46.3 Å². The highest BCUT2D eigenvalue weighted by atomic mass is 79.9. The number of aromatic nitrogens is 2. The highest BCUT2D eigenvalue weighted by Crippen LogP contribution is 2.26. The van der Waals surface area contributed by atoms with Crippen molar-refractivity contribution >= 4 is 15.9 Å². The molecular weight excluding hydrogens is 318 g/mol. The Bertz CT molecular complexity index is 605. The number of halogens is 3. The summed E-state index contributed by atoms with van der Waals surface area (Å²) in [5.41, 5.74) is 0. The zero-order valence-corrected chi connectivity index (χ0v) is 11.9. The first kappa shape index (κ1) is 13.9. The predicted octanol–water partition coefficient (Wildman–Crippen LogP) is 4.43. The van der Waals surface area contributed by atoms with Crippen LogP contribution in [-0.4, -0.2) is 9.97 Å². The maximum Gasteiger partial charge on any atom is 0.223 e. The molecule has 1 aromatic heterocycles. The van der Waals surface area contributed by atoms with Gasteiger partial charge >= 0.3 is 0 Å². The largest absolute Gasteiger partial charge is 0.436 e. The Balaban J connectivity index is 2.35. The summed E-state index contributed by atoms with van der Waals surface area (Å²) in [7, 11) is 0. The summed E-state index contributed by atoms with van der Waals surface area (Å²) in [5, 5.41) is 0. The summed E-state index contributed by atoms with van der Waals surface area (Å²) in [5.74, 6) is -0.621. The third-order valence-corrected chi connectivity index (χ3v) is 2.72. The van der Waals surface area contributed by atoms with Gasteiger partial charge in [-0.1, -0.05) is 13.8 Å². The van der Waals surface area contributed by atoms with E-state index in [0.717, 1.165) is 18.2 Å². The molecule has 6 heteroatoms. The summed E-state index contributed by atoms with van der Waals surface area (Å²) in [6.07, 6.45) is 0. The van der Waals surface area contributed by atoms with Crippen molar-refractivity contribution in [3.8, 4) is 11.6 Å². The molecule has 0 N–H and O–H groups in total. The standard InChI is InChI=1S/C13H11BrF2N2O/c1-7(2)13-17-11(14)6-12(18-13)19-10-5-8(15)3-4-9(10)16/h3-7H,1-2H3. The molecule has 0 amide bonds. The van der Waals surface area contributed by atoms with Crippen molar-refractivity contribution in [2.24, 2.45) is 0 Å². The summed E-state index contributed by atoms with van der Waals surface area (Å²) >= 11 is 3.23. The lowest BCUT2D eigenvalue weighted by molar-refractivity contribution is 0.418. The molecule has 0 aliphatic rings. The Hall–Kier alpha value is -1.56. The topological polar surface area (TPSA) is 35.0 Å². The van der Waals surface area contributed by atoms with Crippen LogP contribution in [0.3, 0.4) is 0 Å². The van der Waals surface area contributed by atoms with Gasteiger partial charge < -0.3 is 4.74 Å². The van der Waals surface area contributed by atoms with E-state index in [1.54, 1.807) is 0 Å². The lowest BCUT2D eigenvalue weighted by atomic mass is 10.2. The minimum atomic E-state index is -0.651. The van der Waals surface area contributed by atoms with E-state index in [-0.39, 0.29) is 17.5 Å². The van der Waals surface area contributed by atoms with Crippen LogP contribution in [0.2, 0.25) is 0 Å². The van der Waals surface area contributed by atoms with Crippen LogP contribution < -0.4 is 4.74 Å². The number of hydrogen-bond donors (Lipinski definition) is 0. The average Bonchev–Trinajstić information content (AvgIpc) is 2.33. The summed E-state index contributed by atoms with van der Waals surface area (Å²) in [6.45, 7) is 3.85. The van der Waals surface area contributed by atoms with E-state index in [0.29, 0.717) is 10.4 Å². The molecule has 0 saturated carbocycles. The monoisotopic (exact) mass is 328 g/mol. The van der Waals surface area contributed by atoms with Gasteiger partial charge in [0.15, 0.2) is 11.6 Å². The molecule has 1 aromatic carbocycles. The number of benzene rings is 1. The maximum absolute atomic E-state index is 13.5. The number of nitrogens with zero attached hydrogens (tertiary/aromatic N) is 2. The zero-order valence-electron chi connectivity index (χ0n) is 10.3. The van der Waals surface area contributed by atoms with Crippen LogP contribution in [0.5, 0.6) is 11.6 Å². The summed E-state index contributed by atoms with van der Waals surface area (Å²) in [4.78, 5) is 8.32. The van der Waals surface area contributed by atoms with E-state index < -0.39 is 11.6 Å². The molecule has 0 radical (unpaired) electrons. The third kappa shape index (κ3) is 3.47. The SMILES string of the molecule is CC(C)c1nc(Br)cc(Oc2cc(F)ccc2F)n1. The molecule has 19 heavy (non-hydrogen) atoms. The van der Waals surface area contributed by atoms with Crippen LogP contribution in [-0.2, 0) is 0 Å². The summed E-state index contributed by atoms with van der Waals surface area (Å²) in [6, 6.07) is 4.50. The average molecular weight is 329 g/mol. The quantitative estimate of drug-likeness (QED) is 0.781. The molecule has 0 fully saturated rings. The summed E-state index contributed by atoms with van der Waals surface area (Å²) < 4.78 is 32.3. The molecule has 0 bridgehead atoms. The highest BCUT2D eigenvalue weighted by molar-refractivity contribution is 9.10. The van der Waals surface area contributed by atoms with Gasteiger partial charge in [0.2, 0.25) is 5.88 Å². The maximum atomic E-state index is 13.5. The Kier molecular flexibility index (Phi) is 4.09. The van der Waals surface area contributed by atoms with Crippen molar-refractivity contribution < 1.29 is 13.5 Å². The van der Waals surface area contributed by atoms with Crippen LogP contribution in [0.25, 0.3) is 0 Å². The van der Waals surface area contributed by atoms with Gasteiger partial charge in [0.1, 0.15) is 16.2 Å².